The molecule has 0 aliphatic heterocycles. The second-order valence-corrected chi connectivity index (χ2v) is 3.89. The van der Waals surface area contributed by atoms with E-state index in [0.29, 0.717) is 0 Å². The summed E-state index contributed by atoms with van der Waals surface area (Å²) in [6.07, 6.45) is 2.19. The van der Waals surface area contributed by atoms with Crippen molar-refractivity contribution in [3.63, 3.8) is 0 Å². The monoisotopic (exact) mass is 191 g/mol. The largest absolute Gasteiger partial charge is 0.379 e. The van der Waals surface area contributed by atoms with Gasteiger partial charge >= 0.3 is 0 Å². The molecule has 2 rings (SSSR count). The van der Waals surface area contributed by atoms with Crippen molar-refractivity contribution in [1.82, 2.24) is 0 Å². The van der Waals surface area contributed by atoms with E-state index in [1.807, 2.05) is 0 Å². The second-order valence-electron chi connectivity index (χ2n) is 3.89. The summed E-state index contributed by atoms with van der Waals surface area (Å²) in [6.45, 7) is 2.16. The van der Waals surface area contributed by atoms with Gasteiger partial charge in [-0.25, -0.2) is 0 Å². The van der Waals surface area contributed by atoms with Crippen molar-refractivity contribution < 1.29 is 4.74 Å². The molecular formula is C12H17NO. The first-order valence-corrected chi connectivity index (χ1v) is 5.16. The van der Waals surface area contributed by atoms with Crippen molar-refractivity contribution in [1.29, 1.82) is 0 Å². The topological polar surface area (TPSA) is 35.2 Å². The van der Waals surface area contributed by atoms with E-state index in [2.05, 4.69) is 25.1 Å². The predicted octanol–water partition coefficient (Wildman–Crippen LogP) is 1.82. The summed E-state index contributed by atoms with van der Waals surface area (Å²) >= 11 is 0. The molecule has 2 atom stereocenters. The maximum absolute atomic E-state index is 6.10. The first-order chi connectivity index (χ1) is 6.76. The second kappa shape index (κ2) is 3.71. The van der Waals surface area contributed by atoms with Gasteiger partial charge in [0.25, 0.3) is 0 Å². The first kappa shape index (κ1) is 9.69. The first-order valence-electron chi connectivity index (χ1n) is 5.16. The molecule has 2 unspecified atom stereocenters. The molecule has 0 bridgehead atoms. The van der Waals surface area contributed by atoms with E-state index in [-0.39, 0.29) is 12.1 Å². The quantitative estimate of drug-likeness (QED) is 0.774. The van der Waals surface area contributed by atoms with Crippen LogP contribution in [0.5, 0.6) is 0 Å². The highest BCUT2D eigenvalue weighted by Crippen LogP contribution is 2.31. The average Bonchev–Trinajstić information content (AvgIpc) is 2.55. The minimum absolute atomic E-state index is 0.0569. The molecule has 1 aromatic carbocycles. The van der Waals surface area contributed by atoms with Crippen molar-refractivity contribution in [2.24, 2.45) is 5.73 Å². The number of methoxy groups -OCH3 is 1. The summed E-state index contributed by atoms with van der Waals surface area (Å²) in [4.78, 5) is 0. The van der Waals surface area contributed by atoms with Crippen molar-refractivity contribution in [2.75, 3.05) is 7.11 Å². The highest BCUT2D eigenvalue weighted by molar-refractivity contribution is 5.39. The van der Waals surface area contributed by atoms with Gasteiger partial charge in [0, 0.05) is 13.5 Å². The molecule has 2 heteroatoms. The average molecular weight is 191 g/mol. The van der Waals surface area contributed by atoms with E-state index < -0.39 is 0 Å². The number of aryl methyl sites for hydroxylation is 1. The van der Waals surface area contributed by atoms with Gasteiger partial charge in [0.15, 0.2) is 0 Å². The van der Waals surface area contributed by atoms with Gasteiger partial charge in [-0.3, -0.25) is 0 Å². The molecule has 76 valence electrons. The van der Waals surface area contributed by atoms with E-state index in [9.17, 15) is 0 Å². The summed E-state index contributed by atoms with van der Waals surface area (Å²) in [5, 5.41) is 0. The van der Waals surface area contributed by atoms with E-state index in [0.717, 1.165) is 12.8 Å². The number of benzene rings is 1. The number of fused-ring (bicyclic) bond motifs is 1. The molecule has 0 saturated heterocycles. The summed E-state index contributed by atoms with van der Waals surface area (Å²) in [5.41, 5.74) is 10.1. The van der Waals surface area contributed by atoms with Crippen LogP contribution in [0.15, 0.2) is 18.2 Å². The molecule has 1 aromatic rings. The number of rotatable bonds is 2. The van der Waals surface area contributed by atoms with Crippen LogP contribution in [-0.2, 0) is 17.6 Å². The third kappa shape index (κ3) is 1.45. The van der Waals surface area contributed by atoms with Crippen LogP contribution in [0, 0.1) is 0 Å². The van der Waals surface area contributed by atoms with Crippen molar-refractivity contribution in [3.8, 4) is 0 Å². The van der Waals surface area contributed by atoms with Gasteiger partial charge in [-0.1, -0.05) is 25.1 Å². The van der Waals surface area contributed by atoms with E-state index in [4.69, 9.17) is 10.5 Å². The lowest BCUT2D eigenvalue weighted by Gasteiger charge is -2.13. The Morgan fingerprint density at radius 3 is 2.93 bits per heavy atom. The van der Waals surface area contributed by atoms with Gasteiger partial charge in [0.2, 0.25) is 0 Å². The predicted molar refractivity (Wildman–Crippen MR) is 57.2 cm³/mol. The molecule has 2 nitrogen and oxygen atoms in total. The Morgan fingerprint density at radius 2 is 2.29 bits per heavy atom. The SMILES string of the molecule is CCc1ccc2c(c1)C(N)C(OC)C2. The van der Waals surface area contributed by atoms with Gasteiger partial charge in [-0.05, 0) is 23.1 Å². The fraction of sp³-hybridized carbons (Fsp3) is 0.500. The molecule has 0 aromatic heterocycles. The molecule has 2 N–H and O–H groups in total. The fourth-order valence-electron chi connectivity index (χ4n) is 2.13. The minimum atomic E-state index is 0.0569. The van der Waals surface area contributed by atoms with Crippen molar-refractivity contribution in [2.45, 2.75) is 31.9 Å². The van der Waals surface area contributed by atoms with Gasteiger partial charge in [0.1, 0.15) is 0 Å². The summed E-state index contributed by atoms with van der Waals surface area (Å²) in [6, 6.07) is 6.65. The van der Waals surface area contributed by atoms with Crippen LogP contribution in [0.2, 0.25) is 0 Å². The molecule has 0 radical (unpaired) electrons. The fourth-order valence-corrected chi connectivity index (χ4v) is 2.13. The maximum atomic E-state index is 6.10. The highest BCUT2D eigenvalue weighted by Gasteiger charge is 2.29. The van der Waals surface area contributed by atoms with Crippen LogP contribution >= 0.6 is 0 Å². The van der Waals surface area contributed by atoms with Crippen LogP contribution in [0.25, 0.3) is 0 Å². The molecule has 1 aliphatic carbocycles. The van der Waals surface area contributed by atoms with Crippen LogP contribution in [0.4, 0.5) is 0 Å². The number of ether oxygens (including phenoxy) is 1. The molecule has 1 aliphatic rings. The molecule has 0 amide bonds. The smallest absolute Gasteiger partial charge is 0.0804 e. The number of hydrogen-bond acceptors (Lipinski definition) is 2. The third-order valence-corrected chi connectivity index (χ3v) is 3.10. The molecule has 0 saturated carbocycles. The lowest BCUT2D eigenvalue weighted by atomic mass is 10.0. The van der Waals surface area contributed by atoms with Crippen molar-refractivity contribution in [3.05, 3.63) is 34.9 Å². The Balaban J connectivity index is 2.35. The Morgan fingerprint density at radius 1 is 1.50 bits per heavy atom. The molecule has 0 fully saturated rings. The van der Waals surface area contributed by atoms with Crippen LogP contribution in [0.3, 0.4) is 0 Å². The minimum Gasteiger partial charge on any atom is -0.379 e. The Bertz CT molecular complexity index is 335. The Hall–Kier alpha value is -0.860. The maximum Gasteiger partial charge on any atom is 0.0804 e. The molecule has 0 spiro atoms. The van der Waals surface area contributed by atoms with Crippen LogP contribution in [-0.4, -0.2) is 13.2 Å². The van der Waals surface area contributed by atoms with Gasteiger partial charge < -0.3 is 10.5 Å². The summed E-state index contributed by atoms with van der Waals surface area (Å²) in [7, 11) is 1.73. The Labute approximate surface area is 85.1 Å². The zero-order chi connectivity index (χ0) is 10.1. The van der Waals surface area contributed by atoms with Gasteiger partial charge in [-0.2, -0.15) is 0 Å². The molecule has 14 heavy (non-hydrogen) atoms. The van der Waals surface area contributed by atoms with E-state index >= 15 is 0 Å². The Kier molecular flexibility index (Phi) is 2.57. The van der Waals surface area contributed by atoms with Crippen molar-refractivity contribution >= 4 is 0 Å². The number of hydrogen-bond donors (Lipinski definition) is 1. The van der Waals surface area contributed by atoms with Crippen LogP contribution in [0.1, 0.15) is 29.7 Å². The summed E-state index contributed by atoms with van der Waals surface area (Å²) < 4.78 is 5.35. The van der Waals surface area contributed by atoms with E-state index in [1.54, 1.807) is 7.11 Å². The number of nitrogens with two attached hydrogens (primary N) is 1. The normalized spacial score (nSPS) is 25.1. The summed E-state index contributed by atoms with van der Waals surface area (Å²) in [5.74, 6) is 0. The zero-order valence-corrected chi connectivity index (χ0v) is 8.79. The van der Waals surface area contributed by atoms with Gasteiger partial charge in [0.05, 0.1) is 12.1 Å². The van der Waals surface area contributed by atoms with E-state index in [1.165, 1.54) is 16.7 Å². The molecular weight excluding hydrogens is 174 g/mol. The zero-order valence-electron chi connectivity index (χ0n) is 8.79. The lowest BCUT2D eigenvalue weighted by Crippen LogP contribution is -2.23. The van der Waals surface area contributed by atoms with Gasteiger partial charge in [-0.15, -0.1) is 0 Å². The standard InChI is InChI=1S/C12H17NO/c1-3-8-4-5-9-7-11(14-2)12(13)10(9)6-8/h4-6,11-12H,3,7,13H2,1-2H3. The lowest BCUT2D eigenvalue weighted by molar-refractivity contribution is 0.0907. The van der Waals surface area contributed by atoms with Crippen LogP contribution < -0.4 is 5.73 Å². The highest BCUT2D eigenvalue weighted by atomic mass is 16.5. The third-order valence-electron chi connectivity index (χ3n) is 3.10. The molecule has 0 heterocycles.